The van der Waals surface area contributed by atoms with Gasteiger partial charge in [-0.1, -0.05) is 84.9 Å². The summed E-state index contributed by atoms with van der Waals surface area (Å²) in [5.41, 5.74) is 1.51. The molecule has 4 heterocycles. The molecular weight excluding hydrogens is 793 g/mol. The number of phenols is 2. The summed E-state index contributed by atoms with van der Waals surface area (Å²) in [4.78, 5) is 51.8. The smallest absolute Gasteiger partial charge is 0.189 e. The lowest BCUT2D eigenvalue weighted by atomic mass is 9.67. The minimum Gasteiger partial charge on any atom is -0.512 e. The van der Waals surface area contributed by atoms with Crippen molar-refractivity contribution in [2.75, 3.05) is 27.3 Å². The maximum Gasteiger partial charge on any atom is 0.189 e. The van der Waals surface area contributed by atoms with E-state index in [2.05, 4.69) is 9.80 Å². The van der Waals surface area contributed by atoms with E-state index in [1.165, 1.54) is 20.3 Å². The number of aromatic hydroxyl groups is 2. The number of benzene rings is 6. The molecule has 6 aromatic carbocycles. The molecule has 6 aliphatic rings. The molecule has 4 saturated heterocycles. The number of ether oxygens (including phenoxy) is 2. The highest BCUT2D eigenvalue weighted by Gasteiger charge is 2.71. The number of carbonyl (C=O) groups is 3. The molecule has 2 spiro atoms. The Kier molecular flexibility index (Phi) is 8.19. The summed E-state index contributed by atoms with van der Waals surface area (Å²) < 4.78 is 11.2. The van der Waals surface area contributed by atoms with Crippen LogP contribution in [0.3, 0.4) is 0 Å². The number of aliphatic hydroxyl groups excluding tert-OH is 1. The van der Waals surface area contributed by atoms with Gasteiger partial charge in [-0.3, -0.25) is 24.2 Å². The normalized spacial score (nSPS) is 29.5. The fraction of sp³-hybridized carbons (Fsp3) is 0.302. The van der Waals surface area contributed by atoms with Crippen molar-refractivity contribution in [3.8, 4) is 23.0 Å². The number of hydrogen-bond acceptors (Lipinski definition) is 10. The van der Waals surface area contributed by atoms with Gasteiger partial charge < -0.3 is 24.8 Å². The molecule has 0 amide bonds. The van der Waals surface area contributed by atoms with Gasteiger partial charge >= 0.3 is 0 Å². The summed E-state index contributed by atoms with van der Waals surface area (Å²) in [5, 5.41) is 38.3. The lowest BCUT2D eigenvalue weighted by Gasteiger charge is -2.39. The second-order valence-corrected chi connectivity index (χ2v) is 18.3. The number of phenolic OH excluding ortho intramolecular Hbond substituents is 2. The van der Waals surface area contributed by atoms with Crippen molar-refractivity contribution in [2.24, 2.45) is 11.8 Å². The minimum atomic E-state index is -1.39. The minimum absolute atomic E-state index is 0.0286. The Labute approximate surface area is 364 Å². The Bertz CT molecular complexity index is 3020. The molecule has 316 valence electrons. The van der Waals surface area contributed by atoms with Gasteiger partial charge in [-0.15, -0.1) is 0 Å². The molecule has 10 nitrogen and oxygen atoms in total. The van der Waals surface area contributed by atoms with Crippen LogP contribution in [0.5, 0.6) is 23.0 Å². The first-order valence-corrected chi connectivity index (χ1v) is 22.0. The third kappa shape index (κ3) is 4.72. The number of aliphatic hydroxyl groups is 1. The van der Waals surface area contributed by atoms with Crippen molar-refractivity contribution in [3.63, 3.8) is 0 Å². The molecule has 8 atom stereocenters. The van der Waals surface area contributed by atoms with Crippen molar-refractivity contribution in [2.45, 2.75) is 60.7 Å². The number of carbonyl (C=O) groups excluding carboxylic acids is 3. The van der Waals surface area contributed by atoms with Crippen molar-refractivity contribution in [1.82, 2.24) is 9.80 Å². The standard InChI is InChI=1S/C53H46N2O8/c1-62-42-25-30(19-21-38(42)56)46-36-17-7-23-54(36)52(34-15-5-11-28-9-3-13-32(44(28)34)50(52)60)48(46)40(58)27-41(59)49-47(31-20-22-39(57)43(26-31)63-2)37-18-8-24-55(37)53(49)35-16-6-12-29-10-4-14-33(45(29)35)51(53)61/h3-6,9-16,19-22,25-27,36-37,46-49,56-58H,7-8,17-18,23-24H2,1-2H3/b40-27-/t36-,37-,46-,47-,48+,49+,52+,53+/m0/s1. The van der Waals surface area contributed by atoms with E-state index in [0.717, 1.165) is 69.5 Å². The van der Waals surface area contributed by atoms with Crippen LogP contribution < -0.4 is 9.47 Å². The summed E-state index contributed by atoms with van der Waals surface area (Å²) >= 11 is 0. The zero-order chi connectivity index (χ0) is 43.1. The van der Waals surface area contributed by atoms with Gasteiger partial charge in [0.2, 0.25) is 0 Å². The Balaban J connectivity index is 1.10. The van der Waals surface area contributed by atoms with Gasteiger partial charge in [0.15, 0.2) is 40.3 Å². The Morgan fingerprint density at radius 1 is 0.635 bits per heavy atom. The molecule has 0 saturated carbocycles. The maximum atomic E-state index is 16.1. The second kappa shape index (κ2) is 13.5. The predicted molar refractivity (Wildman–Crippen MR) is 237 cm³/mol. The molecule has 6 aromatic rings. The zero-order valence-electron chi connectivity index (χ0n) is 35.0. The van der Waals surface area contributed by atoms with Crippen molar-refractivity contribution in [1.29, 1.82) is 0 Å². The second-order valence-electron chi connectivity index (χ2n) is 18.3. The molecule has 4 fully saturated rings. The van der Waals surface area contributed by atoms with Crippen molar-refractivity contribution >= 4 is 38.9 Å². The third-order valence-corrected chi connectivity index (χ3v) is 15.9. The topological polar surface area (TPSA) is 137 Å². The molecule has 0 unspecified atom stereocenters. The van der Waals surface area contributed by atoms with Crippen LogP contribution in [0, 0.1) is 11.8 Å². The predicted octanol–water partition coefficient (Wildman–Crippen LogP) is 8.67. The Morgan fingerprint density at radius 2 is 1.08 bits per heavy atom. The van der Waals surface area contributed by atoms with Crippen LogP contribution in [0.25, 0.3) is 21.5 Å². The highest BCUT2D eigenvalue weighted by Crippen LogP contribution is 2.65. The van der Waals surface area contributed by atoms with Crippen LogP contribution in [0.1, 0.15) is 80.5 Å². The van der Waals surface area contributed by atoms with Crippen LogP contribution in [0.4, 0.5) is 0 Å². The fourth-order valence-electron chi connectivity index (χ4n) is 13.8. The fourth-order valence-corrected chi connectivity index (χ4v) is 13.8. The summed E-state index contributed by atoms with van der Waals surface area (Å²) in [6.07, 6.45) is 4.50. The van der Waals surface area contributed by atoms with E-state index in [1.54, 1.807) is 24.3 Å². The number of Topliss-reactive ketones (excluding diaryl/α,β-unsaturated/α-hetero) is 2. The third-order valence-electron chi connectivity index (χ3n) is 15.9. The van der Waals surface area contributed by atoms with E-state index in [9.17, 15) is 15.3 Å². The monoisotopic (exact) mass is 838 g/mol. The average Bonchev–Trinajstić information content (AvgIpc) is 4.15. The summed E-state index contributed by atoms with van der Waals surface area (Å²) in [7, 11) is 2.98. The highest BCUT2D eigenvalue weighted by molar-refractivity contribution is 6.23. The van der Waals surface area contributed by atoms with Crippen LogP contribution in [-0.4, -0.2) is 81.9 Å². The maximum absolute atomic E-state index is 16.1. The Hall–Kier alpha value is -6.49. The van der Waals surface area contributed by atoms with E-state index < -0.39 is 40.5 Å². The summed E-state index contributed by atoms with van der Waals surface area (Å²) in [6, 6.07) is 33.4. The van der Waals surface area contributed by atoms with Crippen LogP contribution in [0.15, 0.2) is 121 Å². The number of ketones is 3. The van der Waals surface area contributed by atoms with Crippen LogP contribution in [-0.2, 0) is 15.9 Å². The van der Waals surface area contributed by atoms with Crippen LogP contribution in [0.2, 0.25) is 0 Å². The number of allylic oxidation sites excluding steroid dienone is 1. The first kappa shape index (κ1) is 38.2. The van der Waals surface area contributed by atoms with Crippen molar-refractivity contribution in [3.05, 3.63) is 154 Å². The molecule has 0 bridgehead atoms. The molecule has 2 aliphatic carbocycles. The van der Waals surface area contributed by atoms with E-state index in [4.69, 9.17) is 9.47 Å². The van der Waals surface area contributed by atoms with E-state index in [1.807, 2.05) is 84.9 Å². The quantitative estimate of drug-likeness (QED) is 0.106. The SMILES string of the molecule is COc1cc([C@@H]2[C@@H](C(=O)/C=C(\O)[C@@H]3[C@@H](c4ccc(O)c(OC)c4)[C@@H]4CCCN4[C@@]34C(=O)c3cccc5cccc4c35)[C@]3(C(=O)c4cccc5cccc3c45)N3CCC[C@@H]23)ccc1O. The highest BCUT2D eigenvalue weighted by atomic mass is 16.5. The van der Waals surface area contributed by atoms with Gasteiger partial charge in [0.1, 0.15) is 16.8 Å². The Morgan fingerprint density at radius 3 is 1.56 bits per heavy atom. The molecule has 4 aliphatic heterocycles. The van der Waals surface area contributed by atoms with Gasteiger partial charge in [-0.05, 0) is 107 Å². The first-order chi connectivity index (χ1) is 30.7. The first-order valence-electron chi connectivity index (χ1n) is 22.0. The molecule has 10 heteroatoms. The lowest BCUT2D eigenvalue weighted by Crippen LogP contribution is -2.52. The summed E-state index contributed by atoms with van der Waals surface area (Å²) in [6.45, 7) is 1.20. The van der Waals surface area contributed by atoms with Gasteiger partial charge in [0, 0.05) is 41.1 Å². The largest absolute Gasteiger partial charge is 0.512 e. The molecule has 63 heavy (non-hydrogen) atoms. The van der Waals surface area contributed by atoms with E-state index >= 15 is 14.4 Å². The van der Waals surface area contributed by atoms with Gasteiger partial charge in [-0.25, -0.2) is 0 Å². The number of methoxy groups -OCH3 is 2. The molecule has 3 N–H and O–H groups in total. The molecule has 0 radical (unpaired) electrons. The number of nitrogens with zero attached hydrogens (tertiary/aromatic N) is 2. The number of fused-ring (bicyclic) bond motifs is 6. The number of rotatable bonds is 7. The van der Waals surface area contributed by atoms with Gasteiger partial charge in [0.25, 0.3) is 0 Å². The zero-order valence-corrected chi connectivity index (χ0v) is 35.0. The summed E-state index contributed by atoms with van der Waals surface area (Å²) in [5.74, 6) is -3.39. The molecular formula is C53H46N2O8. The molecule has 0 aromatic heterocycles. The van der Waals surface area contributed by atoms with Crippen LogP contribution >= 0.6 is 0 Å². The molecule has 12 rings (SSSR count). The van der Waals surface area contributed by atoms with Gasteiger partial charge in [0.05, 0.1) is 26.1 Å². The van der Waals surface area contributed by atoms with Crippen molar-refractivity contribution < 1.29 is 39.2 Å². The lowest BCUT2D eigenvalue weighted by molar-refractivity contribution is -0.121. The van der Waals surface area contributed by atoms with E-state index in [0.29, 0.717) is 24.2 Å². The van der Waals surface area contributed by atoms with Gasteiger partial charge in [-0.2, -0.15) is 0 Å². The van der Waals surface area contributed by atoms with E-state index in [-0.39, 0.29) is 52.4 Å². The average molecular weight is 839 g/mol. The number of hydrogen-bond donors (Lipinski definition) is 3.